The Bertz CT molecular complexity index is 1590. The van der Waals surface area contributed by atoms with Crippen molar-refractivity contribution in [2.45, 2.75) is 62.8 Å². The van der Waals surface area contributed by atoms with Crippen molar-refractivity contribution in [2.24, 2.45) is 0 Å². The van der Waals surface area contributed by atoms with Crippen LogP contribution in [0.2, 0.25) is 0 Å². The molecule has 0 N–H and O–H groups in total. The van der Waals surface area contributed by atoms with Crippen LogP contribution in [-0.4, -0.2) is 45.0 Å². The monoisotopic (exact) mass is 621 g/mol. The quantitative estimate of drug-likeness (QED) is 0.141. The molecule has 2 aliphatic rings. The summed E-state index contributed by atoms with van der Waals surface area (Å²) < 4.78 is 29.2. The molecular weight excluding hydrogens is 578 g/mol. The first-order chi connectivity index (χ1) is 22.6. The van der Waals surface area contributed by atoms with Crippen molar-refractivity contribution in [1.82, 2.24) is 4.90 Å². The fourth-order valence-corrected chi connectivity index (χ4v) is 7.46. The number of likely N-dealkylation sites (tertiary alicyclic amines) is 1. The van der Waals surface area contributed by atoms with E-state index < -0.39 is 5.54 Å². The van der Waals surface area contributed by atoms with E-state index in [0.717, 1.165) is 53.9 Å². The number of nitrogens with zero attached hydrogens (tertiary/aromatic N) is 1. The molecule has 1 heterocycles. The van der Waals surface area contributed by atoms with Crippen LogP contribution in [0, 0.1) is 0 Å². The molecule has 1 aliphatic carbocycles. The molecule has 0 spiro atoms. The van der Waals surface area contributed by atoms with E-state index in [0.29, 0.717) is 25.4 Å². The first kappa shape index (κ1) is 31.5. The summed E-state index contributed by atoms with van der Waals surface area (Å²) in [4.78, 5) is 16.4. The third-order valence-corrected chi connectivity index (χ3v) is 9.56. The molecule has 4 aromatic carbocycles. The van der Waals surface area contributed by atoms with Gasteiger partial charge in [0.05, 0.1) is 33.5 Å². The minimum atomic E-state index is -0.656. The summed E-state index contributed by atoms with van der Waals surface area (Å²) in [6.45, 7) is 1.49. The maximum Gasteiger partial charge on any atom is 0.411 e. The summed E-state index contributed by atoms with van der Waals surface area (Å²) in [7, 11) is 5.01. The highest BCUT2D eigenvalue weighted by Gasteiger charge is 2.61. The molecule has 0 radical (unpaired) electrons. The Labute approximate surface area is 272 Å². The maximum atomic E-state index is 14.4. The summed E-state index contributed by atoms with van der Waals surface area (Å²) in [5, 5.41) is 0. The van der Waals surface area contributed by atoms with Crippen molar-refractivity contribution in [2.75, 3.05) is 27.9 Å². The summed E-state index contributed by atoms with van der Waals surface area (Å²) in [6.07, 6.45) is 3.82. The lowest BCUT2D eigenvalue weighted by atomic mass is 9.79. The van der Waals surface area contributed by atoms with Gasteiger partial charge in [0.15, 0.2) is 11.5 Å². The SMILES string of the molecule is COc1ccc([C@]23Cc4c(ccc(OC)c4OC)[C@@H]2C[C@H](CCCCOCc2ccccc2)N3C(=O)OCc2ccccc2)cc1. The predicted molar refractivity (Wildman–Crippen MR) is 177 cm³/mol. The number of carbonyl (C=O) groups is 1. The molecular formula is C39H43NO6. The normalized spacial score (nSPS) is 19.8. The average Bonchev–Trinajstić information content (AvgIpc) is 3.60. The summed E-state index contributed by atoms with van der Waals surface area (Å²) in [5.41, 5.74) is 4.81. The van der Waals surface area contributed by atoms with E-state index in [1.165, 1.54) is 11.1 Å². The van der Waals surface area contributed by atoms with Crippen molar-refractivity contribution >= 4 is 6.09 Å². The standard InChI is InChI=1S/C39H43NO6/c1-42-32-19-17-30(18-20-32)39-25-34-33(21-22-36(43-2)37(34)44-3)35(39)24-31(16-10-11-23-45-26-28-12-6-4-7-13-28)40(39)38(41)46-27-29-14-8-5-9-15-29/h4-9,12-15,17-22,31,35H,10-11,16,23-27H2,1-3H3/t31-,35-,39+/m0/s1. The Morgan fingerprint density at radius 2 is 1.48 bits per heavy atom. The van der Waals surface area contributed by atoms with Gasteiger partial charge in [-0.25, -0.2) is 4.79 Å². The number of amides is 1. The number of ether oxygens (including phenoxy) is 5. The van der Waals surface area contributed by atoms with Crippen molar-refractivity contribution < 1.29 is 28.5 Å². The average molecular weight is 622 g/mol. The van der Waals surface area contributed by atoms with Gasteiger partial charge in [0.25, 0.3) is 0 Å². The minimum Gasteiger partial charge on any atom is -0.497 e. The molecule has 6 rings (SSSR count). The summed E-state index contributed by atoms with van der Waals surface area (Å²) >= 11 is 0. The van der Waals surface area contributed by atoms with Crippen LogP contribution in [0.15, 0.2) is 97.1 Å². The number of fused-ring (bicyclic) bond motifs is 3. The van der Waals surface area contributed by atoms with Gasteiger partial charge >= 0.3 is 6.09 Å². The molecule has 7 nitrogen and oxygen atoms in total. The van der Waals surface area contributed by atoms with Crippen LogP contribution in [0.4, 0.5) is 4.79 Å². The third-order valence-electron chi connectivity index (χ3n) is 9.56. The van der Waals surface area contributed by atoms with Crippen molar-refractivity contribution in [1.29, 1.82) is 0 Å². The fraction of sp³-hybridized carbons (Fsp3) is 0.359. The fourth-order valence-electron chi connectivity index (χ4n) is 7.46. The zero-order valence-electron chi connectivity index (χ0n) is 26.9. The van der Waals surface area contributed by atoms with Crippen LogP contribution in [0.5, 0.6) is 17.2 Å². The van der Waals surface area contributed by atoms with E-state index in [1.807, 2.05) is 66.7 Å². The highest BCUT2D eigenvalue weighted by molar-refractivity contribution is 5.73. The highest BCUT2D eigenvalue weighted by Crippen LogP contribution is 2.62. The molecule has 0 aromatic heterocycles. The molecule has 4 aromatic rings. The molecule has 0 bridgehead atoms. The lowest BCUT2D eigenvalue weighted by molar-refractivity contribution is 0.0426. The smallest absolute Gasteiger partial charge is 0.411 e. The van der Waals surface area contributed by atoms with Crippen LogP contribution in [0.1, 0.15) is 59.4 Å². The molecule has 1 amide bonds. The van der Waals surface area contributed by atoms with E-state index in [-0.39, 0.29) is 24.7 Å². The molecule has 46 heavy (non-hydrogen) atoms. The zero-order valence-corrected chi connectivity index (χ0v) is 26.9. The highest BCUT2D eigenvalue weighted by atomic mass is 16.6. The Morgan fingerprint density at radius 1 is 0.783 bits per heavy atom. The van der Waals surface area contributed by atoms with Crippen LogP contribution in [-0.2, 0) is 34.6 Å². The van der Waals surface area contributed by atoms with E-state index in [1.54, 1.807) is 21.3 Å². The van der Waals surface area contributed by atoms with E-state index in [4.69, 9.17) is 23.7 Å². The molecule has 3 atom stereocenters. The second kappa shape index (κ2) is 14.3. The lowest BCUT2D eigenvalue weighted by Gasteiger charge is -2.41. The molecule has 1 saturated heterocycles. The molecule has 0 saturated carbocycles. The van der Waals surface area contributed by atoms with Gasteiger partial charge < -0.3 is 23.7 Å². The van der Waals surface area contributed by atoms with Crippen LogP contribution in [0.25, 0.3) is 0 Å². The van der Waals surface area contributed by atoms with Crippen LogP contribution >= 0.6 is 0 Å². The predicted octanol–water partition coefficient (Wildman–Crippen LogP) is 8.05. The summed E-state index contributed by atoms with van der Waals surface area (Å²) in [6, 6.07) is 32.4. The number of hydrogen-bond acceptors (Lipinski definition) is 6. The van der Waals surface area contributed by atoms with Gasteiger partial charge in [-0.1, -0.05) is 78.9 Å². The molecule has 7 heteroatoms. The lowest BCUT2D eigenvalue weighted by Crippen LogP contribution is -2.50. The van der Waals surface area contributed by atoms with Crippen molar-refractivity contribution in [3.8, 4) is 17.2 Å². The number of rotatable bonds is 13. The second-order valence-electron chi connectivity index (χ2n) is 12.1. The minimum absolute atomic E-state index is 0.00857. The van der Waals surface area contributed by atoms with Gasteiger partial charge in [-0.05, 0) is 66.1 Å². The van der Waals surface area contributed by atoms with Gasteiger partial charge in [-0.15, -0.1) is 0 Å². The maximum absolute atomic E-state index is 14.4. The number of hydrogen-bond donors (Lipinski definition) is 0. The first-order valence-electron chi connectivity index (χ1n) is 16.1. The Kier molecular flexibility index (Phi) is 9.79. The Hall–Kier alpha value is -4.49. The molecule has 0 unspecified atom stereocenters. The number of benzene rings is 4. The molecule has 1 fully saturated rings. The number of carbonyl (C=O) groups excluding carboxylic acids is 1. The number of methoxy groups -OCH3 is 3. The zero-order chi connectivity index (χ0) is 31.9. The van der Waals surface area contributed by atoms with Gasteiger partial charge in [-0.2, -0.15) is 0 Å². The third kappa shape index (κ3) is 6.16. The number of unbranched alkanes of at least 4 members (excludes halogenated alkanes) is 1. The van der Waals surface area contributed by atoms with Crippen LogP contribution in [0.3, 0.4) is 0 Å². The largest absolute Gasteiger partial charge is 0.497 e. The second-order valence-corrected chi connectivity index (χ2v) is 12.1. The van der Waals surface area contributed by atoms with E-state index in [9.17, 15) is 4.79 Å². The Balaban J connectivity index is 1.31. The topological polar surface area (TPSA) is 66.5 Å². The van der Waals surface area contributed by atoms with Gasteiger partial charge in [0, 0.05) is 30.6 Å². The van der Waals surface area contributed by atoms with Gasteiger partial charge in [-0.3, -0.25) is 4.90 Å². The first-order valence-corrected chi connectivity index (χ1v) is 16.1. The van der Waals surface area contributed by atoms with Crippen molar-refractivity contribution in [3.63, 3.8) is 0 Å². The summed E-state index contributed by atoms with van der Waals surface area (Å²) in [5.74, 6) is 2.25. The van der Waals surface area contributed by atoms with Gasteiger partial charge in [0.2, 0.25) is 0 Å². The Morgan fingerprint density at radius 3 is 2.13 bits per heavy atom. The van der Waals surface area contributed by atoms with Gasteiger partial charge in [0.1, 0.15) is 12.4 Å². The van der Waals surface area contributed by atoms with Crippen molar-refractivity contribution in [3.05, 3.63) is 125 Å². The van der Waals surface area contributed by atoms with Crippen LogP contribution < -0.4 is 14.2 Å². The molecule has 240 valence electrons. The van der Waals surface area contributed by atoms with E-state index >= 15 is 0 Å². The molecule has 1 aliphatic heterocycles. The van der Waals surface area contributed by atoms with E-state index in [2.05, 4.69) is 35.2 Å².